The molecule has 3 aromatic carbocycles. The zero-order chi connectivity index (χ0) is 18.5. The molecule has 2 N–H and O–H groups in total. The maximum atomic E-state index is 12.2. The van der Waals surface area contributed by atoms with Gasteiger partial charge in [-0.25, -0.2) is 5.43 Å². The molecule has 0 fully saturated rings. The van der Waals surface area contributed by atoms with Gasteiger partial charge in [-0.1, -0.05) is 46.3 Å². The zero-order valence-electron chi connectivity index (χ0n) is 14.1. The predicted octanol–water partition coefficient (Wildman–Crippen LogP) is 4.01. The first-order chi connectivity index (χ1) is 12.6. The molecule has 6 heteroatoms. The van der Waals surface area contributed by atoms with Crippen LogP contribution >= 0.6 is 15.9 Å². The molecule has 0 heterocycles. The number of nitrogens with one attached hydrogen (secondary N) is 1. The second-order valence-corrected chi connectivity index (χ2v) is 6.50. The lowest BCUT2D eigenvalue weighted by molar-refractivity contribution is -0.120. The largest absolute Gasteiger partial charge is 0.507 e. The van der Waals surface area contributed by atoms with Crippen molar-refractivity contribution < 1.29 is 14.6 Å². The van der Waals surface area contributed by atoms with Crippen molar-refractivity contribution in [1.29, 1.82) is 0 Å². The molecule has 0 aliphatic rings. The van der Waals surface area contributed by atoms with Gasteiger partial charge in [-0.3, -0.25) is 4.79 Å². The normalized spacial score (nSPS) is 11.0. The van der Waals surface area contributed by atoms with Crippen LogP contribution < -0.4 is 10.2 Å². The number of amides is 1. The van der Waals surface area contributed by atoms with Crippen molar-refractivity contribution in [3.63, 3.8) is 0 Å². The summed E-state index contributed by atoms with van der Waals surface area (Å²) in [4.78, 5) is 12.2. The number of fused-ring (bicyclic) bond motifs is 1. The lowest BCUT2D eigenvalue weighted by atomic mass is 10.0. The van der Waals surface area contributed by atoms with Crippen LogP contribution in [-0.2, 0) is 11.2 Å². The highest BCUT2D eigenvalue weighted by Crippen LogP contribution is 2.27. The summed E-state index contributed by atoms with van der Waals surface area (Å²) in [7, 11) is 1.54. The van der Waals surface area contributed by atoms with Gasteiger partial charge >= 0.3 is 0 Å². The number of benzene rings is 3. The van der Waals surface area contributed by atoms with E-state index >= 15 is 0 Å². The van der Waals surface area contributed by atoms with Crippen LogP contribution in [0.15, 0.2) is 64.2 Å². The van der Waals surface area contributed by atoms with Crippen LogP contribution in [0.2, 0.25) is 0 Å². The van der Waals surface area contributed by atoms with E-state index in [1.807, 2.05) is 36.4 Å². The molecule has 0 aliphatic heterocycles. The quantitative estimate of drug-likeness (QED) is 0.491. The van der Waals surface area contributed by atoms with E-state index in [9.17, 15) is 9.90 Å². The van der Waals surface area contributed by atoms with Gasteiger partial charge in [0.05, 0.1) is 19.7 Å². The van der Waals surface area contributed by atoms with Gasteiger partial charge in [-0.05, 0) is 40.6 Å². The van der Waals surface area contributed by atoms with Gasteiger partial charge in [0.15, 0.2) is 0 Å². The number of halogens is 1. The van der Waals surface area contributed by atoms with Crippen molar-refractivity contribution in [2.24, 2.45) is 5.10 Å². The highest BCUT2D eigenvalue weighted by atomic mass is 79.9. The number of nitrogens with zero attached hydrogens (tertiary/aromatic N) is 1. The monoisotopic (exact) mass is 412 g/mol. The summed E-state index contributed by atoms with van der Waals surface area (Å²) >= 11 is 3.53. The van der Waals surface area contributed by atoms with Crippen LogP contribution in [0, 0.1) is 0 Å². The summed E-state index contributed by atoms with van der Waals surface area (Å²) in [6, 6.07) is 16.5. The Morgan fingerprint density at radius 3 is 2.73 bits per heavy atom. The minimum absolute atomic E-state index is 0.0581. The number of rotatable bonds is 5. The number of carbonyl (C=O) groups is 1. The molecule has 0 atom stereocenters. The fraction of sp³-hybridized carbons (Fsp3) is 0.100. The first-order valence-corrected chi connectivity index (χ1v) is 8.73. The van der Waals surface area contributed by atoms with Gasteiger partial charge in [0.25, 0.3) is 0 Å². The van der Waals surface area contributed by atoms with Crippen molar-refractivity contribution in [2.45, 2.75) is 6.42 Å². The molecule has 5 nitrogen and oxygen atoms in total. The Morgan fingerprint density at radius 1 is 1.19 bits per heavy atom. The summed E-state index contributed by atoms with van der Waals surface area (Å²) in [5, 5.41) is 15.8. The number of phenolic OH excluding ortho intramolecular Hbond substituents is 1. The van der Waals surface area contributed by atoms with Gasteiger partial charge in [0.1, 0.15) is 11.5 Å². The average Bonchev–Trinajstić information content (AvgIpc) is 2.66. The molecule has 0 unspecified atom stereocenters. The van der Waals surface area contributed by atoms with Crippen molar-refractivity contribution >= 4 is 38.8 Å². The summed E-state index contributed by atoms with van der Waals surface area (Å²) in [6.45, 7) is 0. The number of aromatic hydroxyl groups is 1. The van der Waals surface area contributed by atoms with Crippen LogP contribution in [0.3, 0.4) is 0 Å². The lowest BCUT2D eigenvalue weighted by Crippen LogP contribution is -2.19. The molecule has 0 radical (unpaired) electrons. The Labute approximate surface area is 159 Å². The third-order valence-corrected chi connectivity index (χ3v) is 4.63. The summed E-state index contributed by atoms with van der Waals surface area (Å²) in [5.74, 6) is 0.413. The Morgan fingerprint density at radius 2 is 1.96 bits per heavy atom. The molecule has 0 bridgehead atoms. The molecular formula is C20H17BrN2O3. The smallest absolute Gasteiger partial charge is 0.244 e. The van der Waals surface area contributed by atoms with Crippen LogP contribution in [0.25, 0.3) is 10.8 Å². The predicted molar refractivity (Wildman–Crippen MR) is 106 cm³/mol. The number of hydrogen-bond acceptors (Lipinski definition) is 4. The van der Waals surface area contributed by atoms with Crippen molar-refractivity contribution in [3.05, 3.63) is 70.2 Å². The number of carbonyl (C=O) groups excluding carboxylic acids is 1. The molecule has 26 heavy (non-hydrogen) atoms. The van der Waals surface area contributed by atoms with Gasteiger partial charge < -0.3 is 9.84 Å². The number of ether oxygens (including phenoxy) is 1. The van der Waals surface area contributed by atoms with Crippen molar-refractivity contribution in [1.82, 2.24) is 5.43 Å². The molecule has 0 spiro atoms. The topological polar surface area (TPSA) is 70.9 Å². The number of hydrazone groups is 1. The number of phenols is 1. The molecule has 3 aromatic rings. The standard InChI is InChI=1S/C20H17BrN2O3/c1-26-15-7-9-19(24)14(10-15)12-22-23-20(25)11-13-6-8-18(21)17-5-3-2-4-16(13)17/h2-10,12,24H,11H2,1H3,(H,23,25)/b22-12-. The molecular weight excluding hydrogens is 396 g/mol. The van der Waals surface area contributed by atoms with Crippen molar-refractivity contribution in [2.75, 3.05) is 7.11 Å². The van der Waals surface area contributed by atoms with Crippen LogP contribution in [0.4, 0.5) is 0 Å². The molecule has 3 rings (SSSR count). The number of hydrogen-bond donors (Lipinski definition) is 2. The van der Waals surface area contributed by atoms with E-state index < -0.39 is 0 Å². The second kappa shape index (κ2) is 8.01. The van der Waals surface area contributed by atoms with Crippen LogP contribution in [0.1, 0.15) is 11.1 Å². The fourth-order valence-electron chi connectivity index (χ4n) is 2.63. The number of methoxy groups -OCH3 is 1. The minimum Gasteiger partial charge on any atom is -0.507 e. The van der Waals surface area contributed by atoms with E-state index in [-0.39, 0.29) is 18.1 Å². The van der Waals surface area contributed by atoms with Gasteiger partial charge in [0.2, 0.25) is 5.91 Å². The maximum Gasteiger partial charge on any atom is 0.244 e. The van der Waals surface area contributed by atoms with Gasteiger partial charge in [-0.2, -0.15) is 5.10 Å². The van der Waals surface area contributed by atoms with E-state index in [2.05, 4.69) is 26.5 Å². The van der Waals surface area contributed by atoms with E-state index in [0.29, 0.717) is 11.3 Å². The first kappa shape index (κ1) is 17.9. The highest BCUT2D eigenvalue weighted by molar-refractivity contribution is 9.10. The van der Waals surface area contributed by atoms with Gasteiger partial charge in [0, 0.05) is 10.0 Å². The molecule has 0 saturated heterocycles. The second-order valence-electron chi connectivity index (χ2n) is 5.65. The Hall–Kier alpha value is -2.86. The van der Waals surface area contributed by atoms with E-state index in [1.54, 1.807) is 12.1 Å². The SMILES string of the molecule is COc1ccc(O)c(/C=N\NC(=O)Cc2ccc(Br)c3ccccc23)c1. The summed E-state index contributed by atoms with van der Waals surface area (Å²) in [6.07, 6.45) is 1.59. The Bertz CT molecular complexity index is 986. The summed E-state index contributed by atoms with van der Waals surface area (Å²) < 4.78 is 6.09. The average molecular weight is 413 g/mol. The third-order valence-electron chi connectivity index (χ3n) is 3.94. The van der Waals surface area contributed by atoms with E-state index in [0.717, 1.165) is 20.8 Å². The molecule has 1 amide bonds. The zero-order valence-corrected chi connectivity index (χ0v) is 15.7. The maximum absolute atomic E-state index is 12.2. The van der Waals surface area contributed by atoms with Gasteiger partial charge in [-0.15, -0.1) is 0 Å². The van der Waals surface area contributed by atoms with Crippen LogP contribution in [-0.4, -0.2) is 24.3 Å². The Kier molecular flexibility index (Phi) is 5.53. The molecule has 0 saturated carbocycles. The Balaban J connectivity index is 1.71. The summed E-state index contributed by atoms with van der Waals surface area (Å²) in [5.41, 5.74) is 3.87. The highest BCUT2D eigenvalue weighted by Gasteiger charge is 2.08. The first-order valence-electron chi connectivity index (χ1n) is 7.93. The van der Waals surface area contributed by atoms with E-state index in [1.165, 1.54) is 19.4 Å². The fourth-order valence-corrected chi connectivity index (χ4v) is 3.11. The molecule has 0 aromatic heterocycles. The van der Waals surface area contributed by atoms with Crippen LogP contribution in [0.5, 0.6) is 11.5 Å². The van der Waals surface area contributed by atoms with E-state index in [4.69, 9.17) is 4.74 Å². The van der Waals surface area contributed by atoms with Crippen molar-refractivity contribution in [3.8, 4) is 11.5 Å². The minimum atomic E-state index is -0.240. The third kappa shape index (κ3) is 4.03. The molecule has 132 valence electrons. The molecule has 0 aliphatic carbocycles. The lowest BCUT2D eigenvalue weighted by Gasteiger charge is -2.07.